The van der Waals surface area contributed by atoms with E-state index in [9.17, 15) is 14.4 Å². The molecule has 0 saturated carbocycles. The summed E-state index contributed by atoms with van der Waals surface area (Å²) in [5, 5.41) is 0. The van der Waals surface area contributed by atoms with E-state index in [1.54, 1.807) is 0 Å². The molecule has 0 aliphatic heterocycles. The van der Waals surface area contributed by atoms with Crippen LogP contribution in [0, 0.1) is 0 Å². The zero-order valence-corrected chi connectivity index (χ0v) is 36.8. The van der Waals surface area contributed by atoms with Gasteiger partial charge in [-0.1, -0.05) is 202 Å². The molecule has 0 radical (unpaired) electrons. The van der Waals surface area contributed by atoms with Crippen LogP contribution >= 0.6 is 0 Å². The second kappa shape index (κ2) is 45.3. The molecule has 0 heterocycles. The Morgan fingerprint density at radius 2 is 0.772 bits per heavy atom. The third kappa shape index (κ3) is 43.6. The van der Waals surface area contributed by atoms with Gasteiger partial charge < -0.3 is 14.2 Å². The molecule has 0 N–H and O–H groups in total. The Bertz CT molecular complexity index is 1140. The molecule has 0 aliphatic rings. The monoisotopic (exact) mass is 793 g/mol. The van der Waals surface area contributed by atoms with Crippen molar-refractivity contribution in [3.8, 4) is 0 Å². The normalized spacial score (nSPS) is 12.8. The third-order valence-corrected chi connectivity index (χ3v) is 9.52. The Kier molecular flexibility index (Phi) is 42.6. The smallest absolute Gasteiger partial charge is 0.306 e. The second-order valence-corrected chi connectivity index (χ2v) is 15.0. The van der Waals surface area contributed by atoms with Gasteiger partial charge in [0.2, 0.25) is 0 Å². The predicted molar refractivity (Wildman–Crippen MR) is 242 cm³/mol. The average molecular weight is 793 g/mol. The molecule has 1 unspecified atom stereocenters. The van der Waals surface area contributed by atoms with Crippen LogP contribution in [0.25, 0.3) is 0 Å². The summed E-state index contributed by atoms with van der Waals surface area (Å²) in [5.74, 6) is -0.960. The molecular weight excluding hydrogens is 709 g/mol. The van der Waals surface area contributed by atoms with Crippen LogP contribution in [0.4, 0.5) is 0 Å². The molecule has 0 amide bonds. The van der Waals surface area contributed by atoms with Crippen molar-refractivity contribution < 1.29 is 28.6 Å². The van der Waals surface area contributed by atoms with Crippen LogP contribution in [-0.4, -0.2) is 37.2 Å². The highest BCUT2D eigenvalue weighted by Gasteiger charge is 2.19. The van der Waals surface area contributed by atoms with Crippen molar-refractivity contribution in [2.45, 2.75) is 207 Å². The summed E-state index contributed by atoms with van der Waals surface area (Å²) in [7, 11) is 0. The van der Waals surface area contributed by atoms with Crippen molar-refractivity contribution in [2.24, 2.45) is 0 Å². The first-order chi connectivity index (χ1) is 28.0. The van der Waals surface area contributed by atoms with E-state index in [1.165, 1.54) is 57.8 Å². The van der Waals surface area contributed by atoms with E-state index in [4.69, 9.17) is 14.2 Å². The molecule has 0 saturated heterocycles. The fourth-order valence-electron chi connectivity index (χ4n) is 6.09. The molecule has 0 fully saturated rings. The summed E-state index contributed by atoms with van der Waals surface area (Å²) < 4.78 is 16.7. The number of carbonyl (C=O) groups excluding carboxylic acids is 3. The number of unbranched alkanes of at least 4 members (excludes halogenated alkanes) is 19. The standard InChI is InChI=1S/C51H84O6/c1-4-7-10-13-16-19-22-25-26-27-30-32-35-38-41-44-50(53)56-47-48(57-51(54)45-42-39-36-33-29-24-21-18-15-12-9-6-3)46-55-49(52)43-40-37-34-31-28-23-20-17-14-11-8-5-2/h7,9-10,12-13,16,18-19,21-22,25-27,30,48H,4-6,8,11,14-15,17,20,23-24,28-29,31-47H2,1-3H3/b10-7-,12-9-,16-13-,21-18-,22-19-,26-25-,30-27-. The molecular formula is C51H84O6. The average Bonchev–Trinajstić information content (AvgIpc) is 3.21. The van der Waals surface area contributed by atoms with Crippen LogP contribution < -0.4 is 0 Å². The van der Waals surface area contributed by atoms with Crippen molar-refractivity contribution in [1.29, 1.82) is 0 Å². The quantitative estimate of drug-likeness (QED) is 0.0202. The van der Waals surface area contributed by atoms with E-state index < -0.39 is 6.10 Å². The zero-order valence-electron chi connectivity index (χ0n) is 36.8. The highest BCUT2D eigenvalue weighted by molar-refractivity contribution is 5.71. The fourth-order valence-corrected chi connectivity index (χ4v) is 6.09. The van der Waals surface area contributed by atoms with Crippen LogP contribution in [0.1, 0.15) is 201 Å². The van der Waals surface area contributed by atoms with E-state index in [-0.39, 0.29) is 31.1 Å². The number of allylic oxidation sites excluding steroid dienone is 14. The number of ether oxygens (including phenoxy) is 3. The first kappa shape index (κ1) is 53.6. The van der Waals surface area contributed by atoms with Crippen molar-refractivity contribution in [3.63, 3.8) is 0 Å². The van der Waals surface area contributed by atoms with Gasteiger partial charge in [-0.3, -0.25) is 14.4 Å². The molecule has 0 aromatic carbocycles. The highest BCUT2D eigenvalue weighted by atomic mass is 16.6. The SMILES string of the molecule is CC\C=C/C=C\C=C/C=C\C=C/CCCCCC(=O)OCC(COC(=O)CCCCCCCCCCCCCC)OC(=O)CCCCCCC/C=C\C/C=C\CC. The molecule has 0 spiro atoms. The van der Waals surface area contributed by atoms with Gasteiger partial charge in [-0.25, -0.2) is 0 Å². The van der Waals surface area contributed by atoms with Crippen molar-refractivity contribution in [2.75, 3.05) is 13.2 Å². The van der Waals surface area contributed by atoms with Crippen molar-refractivity contribution in [3.05, 3.63) is 85.1 Å². The fraction of sp³-hybridized carbons (Fsp3) is 0.667. The van der Waals surface area contributed by atoms with Crippen molar-refractivity contribution in [1.82, 2.24) is 0 Å². The Morgan fingerprint density at radius 3 is 1.28 bits per heavy atom. The Balaban J connectivity index is 4.49. The summed E-state index contributed by atoms with van der Waals surface area (Å²) in [6, 6.07) is 0. The Labute approximate surface area is 350 Å². The molecule has 324 valence electrons. The molecule has 0 aromatic rings. The summed E-state index contributed by atoms with van der Waals surface area (Å²) in [6.45, 7) is 6.31. The van der Waals surface area contributed by atoms with Gasteiger partial charge in [0.25, 0.3) is 0 Å². The zero-order chi connectivity index (χ0) is 41.5. The number of hydrogen-bond acceptors (Lipinski definition) is 6. The molecule has 0 aromatic heterocycles. The van der Waals surface area contributed by atoms with Gasteiger partial charge in [0.1, 0.15) is 13.2 Å². The lowest BCUT2D eigenvalue weighted by atomic mass is 10.0. The number of carbonyl (C=O) groups is 3. The van der Waals surface area contributed by atoms with Gasteiger partial charge in [0.05, 0.1) is 0 Å². The van der Waals surface area contributed by atoms with Gasteiger partial charge in [-0.05, 0) is 64.2 Å². The summed E-state index contributed by atoms with van der Waals surface area (Å²) in [6.07, 6.45) is 57.0. The van der Waals surface area contributed by atoms with Gasteiger partial charge >= 0.3 is 17.9 Å². The van der Waals surface area contributed by atoms with E-state index in [2.05, 4.69) is 57.2 Å². The van der Waals surface area contributed by atoms with E-state index in [0.29, 0.717) is 19.3 Å². The minimum atomic E-state index is -0.798. The minimum Gasteiger partial charge on any atom is -0.462 e. The van der Waals surface area contributed by atoms with Gasteiger partial charge in [-0.15, -0.1) is 0 Å². The van der Waals surface area contributed by atoms with Gasteiger partial charge in [-0.2, -0.15) is 0 Å². The molecule has 1 atom stereocenters. The molecule has 57 heavy (non-hydrogen) atoms. The third-order valence-electron chi connectivity index (χ3n) is 9.52. The minimum absolute atomic E-state index is 0.0958. The maximum atomic E-state index is 12.7. The lowest BCUT2D eigenvalue weighted by Gasteiger charge is -2.18. The van der Waals surface area contributed by atoms with E-state index >= 15 is 0 Å². The van der Waals surface area contributed by atoms with Crippen molar-refractivity contribution >= 4 is 17.9 Å². The second-order valence-electron chi connectivity index (χ2n) is 15.0. The topological polar surface area (TPSA) is 78.9 Å². The van der Waals surface area contributed by atoms with Crippen LogP contribution in [0.15, 0.2) is 85.1 Å². The number of esters is 3. The maximum absolute atomic E-state index is 12.7. The first-order valence-electron chi connectivity index (χ1n) is 23.2. The lowest BCUT2D eigenvalue weighted by Crippen LogP contribution is -2.30. The molecule has 0 aliphatic carbocycles. The maximum Gasteiger partial charge on any atom is 0.306 e. The van der Waals surface area contributed by atoms with Crippen LogP contribution in [0.5, 0.6) is 0 Å². The van der Waals surface area contributed by atoms with Gasteiger partial charge in [0, 0.05) is 19.3 Å². The molecule has 0 rings (SSSR count). The molecule has 6 heteroatoms. The highest BCUT2D eigenvalue weighted by Crippen LogP contribution is 2.14. The van der Waals surface area contributed by atoms with E-state index in [1.807, 2.05) is 48.6 Å². The number of hydrogen-bond donors (Lipinski definition) is 0. The lowest BCUT2D eigenvalue weighted by molar-refractivity contribution is -0.167. The Hall–Kier alpha value is -3.41. The number of rotatable bonds is 40. The summed E-state index contributed by atoms with van der Waals surface area (Å²) >= 11 is 0. The van der Waals surface area contributed by atoms with Crippen LogP contribution in [0.2, 0.25) is 0 Å². The molecule has 0 bridgehead atoms. The van der Waals surface area contributed by atoms with Crippen LogP contribution in [0.3, 0.4) is 0 Å². The predicted octanol–water partition coefficient (Wildman–Crippen LogP) is 14.9. The van der Waals surface area contributed by atoms with Gasteiger partial charge in [0.15, 0.2) is 6.10 Å². The first-order valence-corrected chi connectivity index (χ1v) is 23.2. The molecule has 6 nitrogen and oxygen atoms in total. The van der Waals surface area contributed by atoms with E-state index in [0.717, 1.165) is 103 Å². The Morgan fingerprint density at radius 1 is 0.386 bits per heavy atom. The summed E-state index contributed by atoms with van der Waals surface area (Å²) in [4.78, 5) is 37.8. The van der Waals surface area contributed by atoms with Crippen LogP contribution in [-0.2, 0) is 28.6 Å². The summed E-state index contributed by atoms with van der Waals surface area (Å²) in [5.41, 5.74) is 0. The largest absolute Gasteiger partial charge is 0.462 e.